The second-order valence-corrected chi connectivity index (χ2v) is 2.96. The van der Waals surface area contributed by atoms with Crippen LogP contribution >= 0.6 is 0 Å². The number of amidine groups is 1. The summed E-state index contributed by atoms with van der Waals surface area (Å²) in [6.07, 6.45) is 2.55. The molecule has 0 saturated carbocycles. The van der Waals surface area contributed by atoms with E-state index in [2.05, 4.69) is 15.1 Å². The van der Waals surface area contributed by atoms with Crippen LogP contribution in [0, 0.1) is 5.82 Å². The van der Waals surface area contributed by atoms with Crippen LogP contribution in [0.5, 0.6) is 0 Å². The van der Waals surface area contributed by atoms with E-state index in [9.17, 15) is 4.39 Å². The number of hydrogen-bond acceptors (Lipinski definition) is 5. The Bertz CT molecular complexity index is 339. The fourth-order valence-electron chi connectivity index (χ4n) is 0.935. The largest absolute Gasteiger partial charge is 0.409 e. The van der Waals surface area contributed by atoms with Gasteiger partial charge >= 0.3 is 0 Å². The van der Waals surface area contributed by atoms with Crippen molar-refractivity contribution in [2.75, 3.05) is 18.5 Å². The first-order chi connectivity index (χ1) is 7.13. The van der Waals surface area contributed by atoms with Crippen LogP contribution in [0.3, 0.4) is 0 Å². The van der Waals surface area contributed by atoms with Crippen LogP contribution in [0.25, 0.3) is 0 Å². The van der Waals surface area contributed by atoms with Gasteiger partial charge in [0, 0.05) is 20.0 Å². The van der Waals surface area contributed by atoms with E-state index >= 15 is 0 Å². The second kappa shape index (κ2) is 5.08. The van der Waals surface area contributed by atoms with E-state index in [1.54, 1.807) is 11.9 Å². The first kappa shape index (κ1) is 11.2. The molecule has 1 aromatic heterocycles. The molecule has 15 heavy (non-hydrogen) atoms. The van der Waals surface area contributed by atoms with Gasteiger partial charge in [0.25, 0.3) is 0 Å². The monoisotopic (exact) mass is 213 g/mol. The highest BCUT2D eigenvalue weighted by Gasteiger charge is 2.04. The van der Waals surface area contributed by atoms with Crippen molar-refractivity contribution >= 4 is 11.8 Å². The number of hydrogen-bond donors (Lipinski definition) is 2. The average molecular weight is 213 g/mol. The first-order valence-electron chi connectivity index (χ1n) is 4.28. The highest BCUT2D eigenvalue weighted by atomic mass is 19.1. The first-order valence-corrected chi connectivity index (χ1v) is 4.28. The van der Waals surface area contributed by atoms with Crippen molar-refractivity contribution in [3.05, 3.63) is 18.2 Å². The lowest BCUT2D eigenvalue weighted by molar-refractivity contribution is 0.317. The predicted molar refractivity (Wildman–Crippen MR) is 53.3 cm³/mol. The predicted octanol–water partition coefficient (Wildman–Crippen LogP) is 0.188. The van der Waals surface area contributed by atoms with Crippen molar-refractivity contribution in [3.8, 4) is 0 Å². The molecule has 0 saturated heterocycles. The smallest absolute Gasteiger partial charge is 0.225 e. The minimum atomic E-state index is -0.483. The summed E-state index contributed by atoms with van der Waals surface area (Å²) < 4.78 is 12.5. The molecule has 1 rings (SSSR count). The third kappa shape index (κ3) is 3.37. The van der Waals surface area contributed by atoms with Gasteiger partial charge < -0.3 is 15.8 Å². The minimum absolute atomic E-state index is 0.129. The summed E-state index contributed by atoms with van der Waals surface area (Å²) in [7, 11) is 1.73. The lowest BCUT2D eigenvalue weighted by atomic mass is 10.4. The highest BCUT2D eigenvalue weighted by Crippen LogP contribution is 2.04. The topological polar surface area (TPSA) is 87.6 Å². The van der Waals surface area contributed by atoms with Gasteiger partial charge in [0.05, 0.1) is 12.4 Å². The summed E-state index contributed by atoms with van der Waals surface area (Å²) in [4.78, 5) is 9.24. The molecule has 0 aliphatic carbocycles. The molecular formula is C8H12FN5O. The number of anilines is 1. The molecule has 0 aromatic carbocycles. The summed E-state index contributed by atoms with van der Waals surface area (Å²) in [6, 6.07) is 0. The summed E-state index contributed by atoms with van der Waals surface area (Å²) >= 11 is 0. The van der Waals surface area contributed by atoms with E-state index in [4.69, 9.17) is 10.9 Å². The van der Waals surface area contributed by atoms with Gasteiger partial charge in [-0.15, -0.1) is 0 Å². The molecule has 0 fully saturated rings. The Labute approximate surface area is 86.2 Å². The van der Waals surface area contributed by atoms with Crippen LogP contribution < -0.4 is 10.6 Å². The Morgan fingerprint density at radius 2 is 2.20 bits per heavy atom. The number of aromatic nitrogens is 2. The van der Waals surface area contributed by atoms with Crippen molar-refractivity contribution in [2.24, 2.45) is 10.9 Å². The highest BCUT2D eigenvalue weighted by molar-refractivity contribution is 5.80. The van der Waals surface area contributed by atoms with Crippen LogP contribution in [0.15, 0.2) is 17.5 Å². The van der Waals surface area contributed by atoms with E-state index < -0.39 is 5.82 Å². The third-order valence-electron chi connectivity index (χ3n) is 1.78. The molecule has 1 aromatic rings. The van der Waals surface area contributed by atoms with Crippen LogP contribution in [0.2, 0.25) is 0 Å². The van der Waals surface area contributed by atoms with Crippen molar-refractivity contribution in [1.82, 2.24) is 9.97 Å². The van der Waals surface area contributed by atoms with Gasteiger partial charge in [-0.2, -0.15) is 0 Å². The average Bonchev–Trinajstić information content (AvgIpc) is 2.26. The van der Waals surface area contributed by atoms with Crippen molar-refractivity contribution in [1.29, 1.82) is 0 Å². The minimum Gasteiger partial charge on any atom is -0.409 e. The third-order valence-corrected chi connectivity index (χ3v) is 1.78. The molecule has 6 nitrogen and oxygen atoms in total. The standard InChI is InChI=1S/C8H12FN5O/c1-14(3-2-7(10)13-15)8-11-4-6(9)5-12-8/h4-5,15H,2-3H2,1H3,(H2,10,13). The quantitative estimate of drug-likeness (QED) is 0.322. The van der Waals surface area contributed by atoms with E-state index in [0.29, 0.717) is 18.9 Å². The van der Waals surface area contributed by atoms with Crippen LogP contribution in [-0.2, 0) is 0 Å². The van der Waals surface area contributed by atoms with E-state index in [1.165, 1.54) is 0 Å². The van der Waals surface area contributed by atoms with Crippen molar-refractivity contribution in [2.45, 2.75) is 6.42 Å². The Balaban J connectivity index is 2.53. The molecule has 0 radical (unpaired) electrons. The molecule has 0 amide bonds. The molecule has 0 spiro atoms. The SMILES string of the molecule is CN(CCC(N)=NO)c1ncc(F)cn1. The summed E-state index contributed by atoms with van der Waals surface area (Å²) in [5.74, 6) is 0.0367. The number of halogens is 1. The van der Waals surface area contributed by atoms with Crippen molar-refractivity contribution in [3.63, 3.8) is 0 Å². The number of nitrogens with zero attached hydrogens (tertiary/aromatic N) is 4. The zero-order valence-electron chi connectivity index (χ0n) is 8.26. The molecule has 0 aliphatic rings. The molecular weight excluding hydrogens is 201 g/mol. The van der Waals surface area contributed by atoms with Crippen LogP contribution in [0.1, 0.15) is 6.42 Å². The zero-order chi connectivity index (χ0) is 11.3. The number of oxime groups is 1. The maximum absolute atomic E-state index is 12.5. The number of nitrogens with two attached hydrogens (primary N) is 1. The molecule has 0 bridgehead atoms. The van der Waals surface area contributed by atoms with Gasteiger partial charge in [-0.05, 0) is 0 Å². The van der Waals surface area contributed by atoms with Crippen LogP contribution in [-0.4, -0.2) is 34.6 Å². The summed E-state index contributed by atoms with van der Waals surface area (Å²) in [5.41, 5.74) is 5.30. The summed E-state index contributed by atoms with van der Waals surface area (Å²) in [5, 5.41) is 11.2. The van der Waals surface area contributed by atoms with Gasteiger partial charge in [-0.25, -0.2) is 14.4 Å². The Morgan fingerprint density at radius 3 is 2.73 bits per heavy atom. The Hall–Kier alpha value is -1.92. The van der Waals surface area contributed by atoms with Gasteiger partial charge in [0.1, 0.15) is 5.84 Å². The lowest BCUT2D eigenvalue weighted by Gasteiger charge is -2.15. The Kier molecular flexibility index (Phi) is 3.78. The molecule has 1 heterocycles. The molecule has 0 aliphatic heterocycles. The maximum atomic E-state index is 12.5. The normalized spacial score (nSPS) is 11.5. The maximum Gasteiger partial charge on any atom is 0.225 e. The molecule has 0 atom stereocenters. The fraction of sp³-hybridized carbons (Fsp3) is 0.375. The van der Waals surface area contributed by atoms with Gasteiger partial charge in [-0.3, -0.25) is 0 Å². The van der Waals surface area contributed by atoms with E-state index in [0.717, 1.165) is 12.4 Å². The van der Waals surface area contributed by atoms with Crippen LogP contribution in [0.4, 0.5) is 10.3 Å². The van der Waals surface area contributed by atoms with E-state index in [1.807, 2.05) is 0 Å². The van der Waals surface area contributed by atoms with Gasteiger partial charge in [-0.1, -0.05) is 5.16 Å². The Morgan fingerprint density at radius 1 is 1.60 bits per heavy atom. The fourth-order valence-corrected chi connectivity index (χ4v) is 0.935. The van der Waals surface area contributed by atoms with E-state index in [-0.39, 0.29) is 5.84 Å². The molecule has 0 unspecified atom stereocenters. The second-order valence-electron chi connectivity index (χ2n) is 2.96. The van der Waals surface area contributed by atoms with Gasteiger partial charge in [0.15, 0.2) is 5.82 Å². The van der Waals surface area contributed by atoms with Gasteiger partial charge in [0.2, 0.25) is 5.95 Å². The number of rotatable bonds is 4. The lowest BCUT2D eigenvalue weighted by Crippen LogP contribution is -2.25. The van der Waals surface area contributed by atoms with Crippen molar-refractivity contribution < 1.29 is 9.60 Å². The molecule has 82 valence electrons. The zero-order valence-corrected chi connectivity index (χ0v) is 8.26. The summed E-state index contributed by atoms with van der Waals surface area (Å²) in [6.45, 7) is 0.488. The molecule has 7 heteroatoms. The molecule has 3 N–H and O–H groups in total.